The standard InChI is InChI=1S/C14H16N2O5/c1-21-8-11(14(19)20)15-6-7-16-12(17)9-4-2-3-5-10(9)13(16)18/h2-5,11,15H,6-8H2,1H3,(H,19,20). The van der Waals surface area contributed by atoms with Gasteiger partial charge in [-0.25, -0.2) is 0 Å². The van der Waals surface area contributed by atoms with Gasteiger partial charge in [0.15, 0.2) is 0 Å². The molecule has 0 spiro atoms. The smallest absolute Gasteiger partial charge is 0.323 e. The van der Waals surface area contributed by atoms with E-state index < -0.39 is 12.0 Å². The van der Waals surface area contributed by atoms with Crippen LogP contribution in [0.2, 0.25) is 0 Å². The fraction of sp³-hybridized carbons (Fsp3) is 0.357. The number of carbonyl (C=O) groups is 3. The van der Waals surface area contributed by atoms with Gasteiger partial charge in [-0.1, -0.05) is 12.1 Å². The summed E-state index contributed by atoms with van der Waals surface area (Å²) in [5, 5.41) is 11.7. The van der Waals surface area contributed by atoms with Crippen LogP contribution in [0, 0.1) is 0 Å². The Morgan fingerprint density at radius 1 is 1.29 bits per heavy atom. The largest absolute Gasteiger partial charge is 0.480 e. The van der Waals surface area contributed by atoms with Crippen molar-refractivity contribution < 1.29 is 24.2 Å². The van der Waals surface area contributed by atoms with E-state index in [2.05, 4.69) is 5.32 Å². The first-order valence-electron chi connectivity index (χ1n) is 6.46. The van der Waals surface area contributed by atoms with E-state index in [0.29, 0.717) is 11.1 Å². The molecule has 0 fully saturated rings. The van der Waals surface area contributed by atoms with Gasteiger partial charge in [-0.05, 0) is 12.1 Å². The number of imide groups is 1. The highest BCUT2D eigenvalue weighted by Crippen LogP contribution is 2.21. The lowest BCUT2D eigenvalue weighted by Crippen LogP contribution is -2.45. The van der Waals surface area contributed by atoms with E-state index in [9.17, 15) is 14.4 Å². The number of nitrogens with zero attached hydrogens (tertiary/aromatic N) is 1. The first-order chi connectivity index (χ1) is 10.1. The molecule has 1 atom stereocenters. The predicted octanol–water partition coefficient (Wildman–Crippen LogP) is -0.0282. The van der Waals surface area contributed by atoms with Gasteiger partial charge in [-0.2, -0.15) is 0 Å². The zero-order valence-electron chi connectivity index (χ0n) is 11.5. The fourth-order valence-corrected chi connectivity index (χ4v) is 2.18. The Labute approximate surface area is 121 Å². The summed E-state index contributed by atoms with van der Waals surface area (Å²) >= 11 is 0. The van der Waals surface area contributed by atoms with Gasteiger partial charge in [0, 0.05) is 20.2 Å². The summed E-state index contributed by atoms with van der Waals surface area (Å²) < 4.78 is 4.79. The number of nitrogens with one attached hydrogen (secondary N) is 1. The molecule has 7 heteroatoms. The molecule has 0 aliphatic carbocycles. The van der Waals surface area contributed by atoms with Gasteiger partial charge >= 0.3 is 5.97 Å². The molecule has 1 aromatic carbocycles. The average molecular weight is 292 g/mol. The van der Waals surface area contributed by atoms with Crippen molar-refractivity contribution >= 4 is 17.8 Å². The zero-order valence-corrected chi connectivity index (χ0v) is 11.5. The summed E-state index contributed by atoms with van der Waals surface area (Å²) in [7, 11) is 1.40. The SMILES string of the molecule is COCC(NCCN1C(=O)c2ccccc2C1=O)C(=O)O. The monoisotopic (exact) mass is 292 g/mol. The van der Waals surface area contributed by atoms with Gasteiger partial charge in [0.1, 0.15) is 6.04 Å². The third kappa shape index (κ3) is 3.09. The second kappa shape index (κ2) is 6.47. The molecule has 2 amide bonds. The van der Waals surface area contributed by atoms with Gasteiger partial charge < -0.3 is 15.2 Å². The number of ether oxygens (including phenoxy) is 1. The minimum absolute atomic E-state index is 0.0114. The van der Waals surface area contributed by atoms with Crippen molar-refractivity contribution in [3.05, 3.63) is 35.4 Å². The third-order valence-corrected chi connectivity index (χ3v) is 3.24. The molecule has 0 saturated carbocycles. The molecule has 1 aromatic rings. The summed E-state index contributed by atoms with van der Waals surface area (Å²) in [6, 6.07) is 5.74. The molecule has 1 aliphatic heterocycles. The Morgan fingerprint density at radius 3 is 2.33 bits per heavy atom. The molecule has 0 aromatic heterocycles. The quantitative estimate of drug-likeness (QED) is 0.685. The fourth-order valence-electron chi connectivity index (χ4n) is 2.18. The topological polar surface area (TPSA) is 95.9 Å². The number of aliphatic carboxylic acids is 1. The molecule has 112 valence electrons. The van der Waals surface area contributed by atoms with E-state index in [1.54, 1.807) is 24.3 Å². The van der Waals surface area contributed by atoms with Crippen molar-refractivity contribution in [3.63, 3.8) is 0 Å². The molecule has 1 unspecified atom stereocenters. The maximum Gasteiger partial charge on any atom is 0.323 e. The molecular formula is C14H16N2O5. The minimum atomic E-state index is -1.04. The summed E-state index contributed by atoms with van der Waals surface area (Å²) in [6.45, 7) is 0.309. The van der Waals surface area contributed by atoms with Crippen molar-refractivity contribution in [2.75, 3.05) is 26.8 Å². The summed E-state index contributed by atoms with van der Waals surface area (Å²) in [6.07, 6.45) is 0. The van der Waals surface area contributed by atoms with Crippen molar-refractivity contribution in [3.8, 4) is 0 Å². The van der Waals surface area contributed by atoms with E-state index >= 15 is 0 Å². The van der Waals surface area contributed by atoms with Gasteiger partial charge in [0.2, 0.25) is 0 Å². The van der Waals surface area contributed by atoms with E-state index in [1.165, 1.54) is 7.11 Å². The van der Waals surface area contributed by atoms with Crippen LogP contribution >= 0.6 is 0 Å². The second-order valence-electron chi connectivity index (χ2n) is 4.61. The average Bonchev–Trinajstić information content (AvgIpc) is 2.71. The third-order valence-electron chi connectivity index (χ3n) is 3.24. The molecule has 21 heavy (non-hydrogen) atoms. The highest BCUT2D eigenvalue weighted by Gasteiger charge is 2.34. The summed E-state index contributed by atoms with van der Waals surface area (Å²) in [4.78, 5) is 36.2. The number of methoxy groups -OCH3 is 1. The van der Waals surface area contributed by atoms with Crippen LogP contribution in [0.5, 0.6) is 0 Å². The number of rotatable bonds is 7. The Hall–Kier alpha value is -2.25. The van der Waals surface area contributed by atoms with Crippen molar-refractivity contribution in [1.29, 1.82) is 0 Å². The second-order valence-corrected chi connectivity index (χ2v) is 4.61. The lowest BCUT2D eigenvalue weighted by Gasteiger charge is -2.17. The van der Waals surface area contributed by atoms with E-state index in [0.717, 1.165) is 4.90 Å². The van der Waals surface area contributed by atoms with Crippen LogP contribution in [0.3, 0.4) is 0 Å². The summed E-state index contributed by atoms with van der Waals surface area (Å²) in [5.74, 6) is -1.74. The van der Waals surface area contributed by atoms with Crippen molar-refractivity contribution in [2.45, 2.75) is 6.04 Å². The molecule has 1 heterocycles. The van der Waals surface area contributed by atoms with Crippen LogP contribution < -0.4 is 5.32 Å². The maximum absolute atomic E-state index is 12.1. The van der Waals surface area contributed by atoms with Crippen LogP contribution in [0.15, 0.2) is 24.3 Å². The zero-order chi connectivity index (χ0) is 15.4. The van der Waals surface area contributed by atoms with E-state index in [-0.39, 0.29) is 31.5 Å². The summed E-state index contributed by atoms with van der Waals surface area (Å²) in [5.41, 5.74) is 0.767. The maximum atomic E-state index is 12.1. The molecule has 2 N–H and O–H groups in total. The van der Waals surface area contributed by atoms with Crippen LogP contribution in [-0.4, -0.2) is 60.6 Å². The van der Waals surface area contributed by atoms with Crippen LogP contribution in [0.25, 0.3) is 0 Å². The van der Waals surface area contributed by atoms with Gasteiger partial charge in [-0.3, -0.25) is 19.3 Å². The van der Waals surface area contributed by atoms with Crippen LogP contribution in [0.1, 0.15) is 20.7 Å². The molecule has 0 bridgehead atoms. The minimum Gasteiger partial charge on any atom is -0.480 e. The highest BCUT2D eigenvalue weighted by molar-refractivity contribution is 6.21. The lowest BCUT2D eigenvalue weighted by atomic mass is 10.1. The molecular weight excluding hydrogens is 276 g/mol. The van der Waals surface area contributed by atoms with Gasteiger partial charge in [-0.15, -0.1) is 0 Å². The Kier molecular flexibility index (Phi) is 4.66. The van der Waals surface area contributed by atoms with Crippen molar-refractivity contribution in [2.24, 2.45) is 0 Å². The highest BCUT2D eigenvalue weighted by atomic mass is 16.5. The van der Waals surface area contributed by atoms with Crippen LogP contribution in [0.4, 0.5) is 0 Å². The van der Waals surface area contributed by atoms with Gasteiger partial charge in [0.05, 0.1) is 17.7 Å². The molecule has 0 saturated heterocycles. The molecule has 1 aliphatic rings. The normalized spacial score (nSPS) is 15.2. The number of amides is 2. The number of carboxylic acids is 1. The number of carbonyl (C=O) groups excluding carboxylic acids is 2. The Bertz CT molecular complexity index is 537. The number of fused-ring (bicyclic) bond motifs is 1. The Morgan fingerprint density at radius 2 is 1.86 bits per heavy atom. The van der Waals surface area contributed by atoms with Crippen molar-refractivity contribution in [1.82, 2.24) is 10.2 Å². The number of hydrogen-bond acceptors (Lipinski definition) is 5. The van der Waals surface area contributed by atoms with Crippen LogP contribution in [-0.2, 0) is 9.53 Å². The molecule has 7 nitrogen and oxygen atoms in total. The van der Waals surface area contributed by atoms with Gasteiger partial charge in [0.25, 0.3) is 11.8 Å². The first-order valence-corrected chi connectivity index (χ1v) is 6.46. The van der Waals surface area contributed by atoms with E-state index in [1.807, 2.05) is 0 Å². The Balaban J connectivity index is 1.95. The number of carboxylic acid groups (broad SMARTS) is 1. The van der Waals surface area contributed by atoms with E-state index in [4.69, 9.17) is 9.84 Å². The molecule has 2 rings (SSSR count). The number of benzene rings is 1. The predicted molar refractivity (Wildman–Crippen MR) is 73.1 cm³/mol. The lowest BCUT2D eigenvalue weighted by molar-refractivity contribution is -0.140. The molecule has 0 radical (unpaired) electrons. The first kappa shape index (κ1) is 15.1. The number of hydrogen-bond donors (Lipinski definition) is 2.